The van der Waals surface area contributed by atoms with Crippen LogP contribution in [0.2, 0.25) is 0 Å². The van der Waals surface area contributed by atoms with Gasteiger partial charge in [-0.2, -0.15) is 5.10 Å². The predicted octanol–water partition coefficient (Wildman–Crippen LogP) is 3.98. The fourth-order valence-electron chi connectivity index (χ4n) is 3.40. The Morgan fingerprint density at radius 2 is 1.97 bits per heavy atom. The summed E-state index contributed by atoms with van der Waals surface area (Å²) in [5.74, 6) is 1.76. The maximum Gasteiger partial charge on any atom is 0.283 e. The van der Waals surface area contributed by atoms with Crippen LogP contribution in [-0.2, 0) is 11.3 Å². The molecule has 0 spiro atoms. The van der Waals surface area contributed by atoms with Crippen LogP contribution in [0.4, 0.5) is 5.82 Å². The number of nitrogens with zero attached hydrogens (tertiary/aromatic N) is 5. The van der Waals surface area contributed by atoms with Crippen LogP contribution >= 0.6 is 0 Å². The molecular weight excluding hydrogens is 408 g/mol. The number of furan rings is 1. The summed E-state index contributed by atoms with van der Waals surface area (Å²) >= 11 is 0. The Labute approximate surface area is 186 Å². The molecule has 0 atom stereocenters. The lowest BCUT2D eigenvalue weighted by Crippen LogP contribution is -2.34. The van der Waals surface area contributed by atoms with E-state index in [1.54, 1.807) is 23.1 Å². The van der Waals surface area contributed by atoms with E-state index in [0.717, 1.165) is 23.4 Å². The molecule has 0 aliphatic rings. The Morgan fingerprint density at radius 1 is 1.16 bits per heavy atom. The van der Waals surface area contributed by atoms with Crippen molar-refractivity contribution >= 4 is 11.7 Å². The normalized spacial score (nSPS) is 11.2. The van der Waals surface area contributed by atoms with Crippen molar-refractivity contribution in [2.45, 2.75) is 33.7 Å². The third-order valence-corrected chi connectivity index (χ3v) is 4.84. The lowest BCUT2D eigenvalue weighted by Gasteiger charge is -2.19. The minimum Gasteiger partial charge on any atom is -0.459 e. The molecule has 0 unspecified atom stereocenters. The van der Waals surface area contributed by atoms with Crippen LogP contribution in [-0.4, -0.2) is 43.9 Å². The fraction of sp³-hybridized carbons (Fsp3) is 0.304. The van der Waals surface area contributed by atoms with Crippen molar-refractivity contribution in [3.8, 4) is 17.3 Å². The summed E-state index contributed by atoms with van der Waals surface area (Å²) in [5.41, 5.74) is 2.87. The monoisotopic (exact) mass is 434 g/mol. The van der Waals surface area contributed by atoms with Gasteiger partial charge in [-0.3, -0.25) is 9.69 Å². The molecule has 0 aliphatic heterocycles. The molecule has 0 fully saturated rings. The molecule has 1 aromatic carbocycles. The second-order valence-electron chi connectivity index (χ2n) is 7.66. The first-order chi connectivity index (χ1) is 15.5. The number of anilines is 1. The van der Waals surface area contributed by atoms with Gasteiger partial charge >= 0.3 is 0 Å². The van der Waals surface area contributed by atoms with E-state index in [4.69, 9.17) is 8.83 Å². The lowest BCUT2D eigenvalue weighted by atomic mass is 10.2. The van der Waals surface area contributed by atoms with Crippen LogP contribution in [0, 0.1) is 13.8 Å². The standard InChI is InChI=1S/C23H26N6O3/c1-4-11-28(15-22-25-26-23(32-22)19-6-5-12-31-19)14-21(30)24-20-13-17(3)27-29(20)18-9-7-16(2)8-10-18/h5-10,12-13H,4,11,14-15H2,1-3H3,(H,24,30). The number of aromatic nitrogens is 4. The van der Waals surface area contributed by atoms with Gasteiger partial charge in [-0.1, -0.05) is 24.6 Å². The summed E-state index contributed by atoms with van der Waals surface area (Å²) in [5, 5.41) is 15.6. The molecule has 3 heterocycles. The largest absolute Gasteiger partial charge is 0.459 e. The van der Waals surface area contributed by atoms with Crippen molar-refractivity contribution in [1.29, 1.82) is 0 Å². The molecule has 9 heteroatoms. The number of benzene rings is 1. The maximum atomic E-state index is 12.9. The van der Waals surface area contributed by atoms with Gasteiger partial charge in [0.05, 0.1) is 30.7 Å². The number of rotatable bonds is 9. The van der Waals surface area contributed by atoms with Gasteiger partial charge in [-0.15, -0.1) is 10.2 Å². The minimum atomic E-state index is -0.141. The number of nitrogens with one attached hydrogen (secondary N) is 1. The molecule has 0 aliphatic carbocycles. The van der Waals surface area contributed by atoms with E-state index in [2.05, 4.69) is 27.5 Å². The van der Waals surface area contributed by atoms with E-state index in [1.165, 1.54) is 0 Å². The number of carbonyl (C=O) groups excluding carboxylic acids is 1. The van der Waals surface area contributed by atoms with Gasteiger partial charge in [0.2, 0.25) is 11.8 Å². The van der Waals surface area contributed by atoms with Crippen LogP contribution in [0.3, 0.4) is 0 Å². The minimum absolute atomic E-state index is 0.141. The number of carbonyl (C=O) groups is 1. The van der Waals surface area contributed by atoms with E-state index in [0.29, 0.717) is 36.4 Å². The summed E-state index contributed by atoms with van der Waals surface area (Å²) in [6.07, 6.45) is 2.43. The summed E-state index contributed by atoms with van der Waals surface area (Å²) in [6, 6.07) is 13.4. The highest BCUT2D eigenvalue weighted by atomic mass is 16.4. The zero-order chi connectivity index (χ0) is 22.5. The van der Waals surface area contributed by atoms with Gasteiger partial charge in [0.15, 0.2) is 5.76 Å². The fourth-order valence-corrected chi connectivity index (χ4v) is 3.40. The molecule has 1 amide bonds. The van der Waals surface area contributed by atoms with Crippen LogP contribution in [0.25, 0.3) is 17.3 Å². The number of aryl methyl sites for hydroxylation is 2. The van der Waals surface area contributed by atoms with Crippen molar-refractivity contribution in [3.63, 3.8) is 0 Å². The van der Waals surface area contributed by atoms with Gasteiger partial charge in [-0.05, 0) is 51.1 Å². The molecule has 4 rings (SSSR count). The first-order valence-electron chi connectivity index (χ1n) is 10.5. The SMILES string of the molecule is CCCN(CC(=O)Nc1cc(C)nn1-c1ccc(C)cc1)Cc1nnc(-c2ccco2)o1. The second-order valence-corrected chi connectivity index (χ2v) is 7.66. The average Bonchev–Trinajstić information content (AvgIpc) is 3.50. The highest BCUT2D eigenvalue weighted by Gasteiger charge is 2.18. The molecule has 0 saturated carbocycles. The quantitative estimate of drug-likeness (QED) is 0.425. The van der Waals surface area contributed by atoms with E-state index < -0.39 is 0 Å². The lowest BCUT2D eigenvalue weighted by molar-refractivity contribution is -0.117. The first-order valence-corrected chi connectivity index (χ1v) is 10.5. The molecule has 9 nitrogen and oxygen atoms in total. The molecule has 0 radical (unpaired) electrons. The van der Waals surface area contributed by atoms with Gasteiger partial charge in [-0.25, -0.2) is 4.68 Å². The van der Waals surface area contributed by atoms with Gasteiger partial charge in [0.25, 0.3) is 5.89 Å². The molecule has 4 aromatic rings. The Balaban J connectivity index is 1.43. The van der Waals surface area contributed by atoms with Gasteiger partial charge in [0.1, 0.15) is 5.82 Å². The highest BCUT2D eigenvalue weighted by molar-refractivity contribution is 5.91. The van der Waals surface area contributed by atoms with Crippen molar-refractivity contribution < 1.29 is 13.6 Å². The number of amides is 1. The van der Waals surface area contributed by atoms with Crippen molar-refractivity contribution in [2.75, 3.05) is 18.4 Å². The first kappa shape index (κ1) is 21.5. The molecule has 1 N–H and O–H groups in total. The zero-order valence-corrected chi connectivity index (χ0v) is 18.4. The van der Waals surface area contributed by atoms with Crippen LogP contribution in [0.15, 0.2) is 57.6 Å². The van der Waals surface area contributed by atoms with E-state index >= 15 is 0 Å². The second kappa shape index (κ2) is 9.61. The molecule has 0 bridgehead atoms. The summed E-state index contributed by atoms with van der Waals surface area (Å²) < 4.78 is 12.7. The summed E-state index contributed by atoms with van der Waals surface area (Å²) in [6.45, 7) is 7.25. The Hall–Kier alpha value is -3.72. The highest BCUT2D eigenvalue weighted by Crippen LogP contribution is 2.20. The van der Waals surface area contributed by atoms with E-state index in [1.807, 2.05) is 49.1 Å². The molecular formula is C23H26N6O3. The number of hydrogen-bond donors (Lipinski definition) is 1. The predicted molar refractivity (Wildman–Crippen MR) is 119 cm³/mol. The van der Waals surface area contributed by atoms with Crippen LogP contribution < -0.4 is 5.32 Å². The van der Waals surface area contributed by atoms with E-state index in [-0.39, 0.29) is 12.5 Å². The smallest absolute Gasteiger partial charge is 0.283 e. The summed E-state index contributed by atoms with van der Waals surface area (Å²) in [4.78, 5) is 14.8. The zero-order valence-electron chi connectivity index (χ0n) is 18.4. The Bertz CT molecular complexity index is 1160. The third kappa shape index (κ3) is 5.12. The number of hydrogen-bond acceptors (Lipinski definition) is 7. The maximum absolute atomic E-state index is 12.9. The van der Waals surface area contributed by atoms with Crippen molar-refractivity contribution in [3.05, 3.63) is 65.9 Å². The molecule has 32 heavy (non-hydrogen) atoms. The van der Waals surface area contributed by atoms with Gasteiger partial charge < -0.3 is 14.2 Å². The van der Waals surface area contributed by atoms with Crippen LogP contribution in [0.1, 0.15) is 30.5 Å². The van der Waals surface area contributed by atoms with Crippen LogP contribution in [0.5, 0.6) is 0 Å². The topological polar surface area (TPSA) is 102 Å². The molecule has 3 aromatic heterocycles. The summed E-state index contributed by atoms with van der Waals surface area (Å²) in [7, 11) is 0. The van der Waals surface area contributed by atoms with Gasteiger partial charge in [0, 0.05) is 6.07 Å². The molecule has 166 valence electrons. The Kier molecular flexibility index (Phi) is 6.46. The van der Waals surface area contributed by atoms with Crippen molar-refractivity contribution in [1.82, 2.24) is 24.9 Å². The van der Waals surface area contributed by atoms with E-state index in [9.17, 15) is 4.79 Å². The third-order valence-electron chi connectivity index (χ3n) is 4.84. The average molecular weight is 435 g/mol. The van der Waals surface area contributed by atoms with Crippen molar-refractivity contribution in [2.24, 2.45) is 0 Å². The molecule has 0 saturated heterocycles. The Morgan fingerprint density at radius 3 is 2.69 bits per heavy atom.